The van der Waals surface area contributed by atoms with Gasteiger partial charge in [0.2, 0.25) is 5.91 Å². The summed E-state index contributed by atoms with van der Waals surface area (Å²) in [5, 5.41) is 12.8. The Morgan fingerprint density at radius 1 is 1.22 bits per heavy atom. The zero-order valence-electron chi connectivity index (χ0n) is 16.7. The van der Waals surface area contributed by atoms with E-state index in [2.05, 4.69) is 59.9 Å². The molecule has 5 nitrogen and oxygen atoms in total. The monoisotopic (exact) mass is 386 g/mol. The Bertz CT molecular complexity index is 778. The fraction of sp³-hybridized carbons (Fsp3) is 0.571. The van der Waals surface area contributed by atoms with Crippen LogP contribution < -0.4 is 5.32 Å². The van der Waals surface area contributed by atoms with Crippen LogP contribution in [0.2, 0.25) is 0 Å². The second kappa shape index (κ2) is 8.91. The molecule has 146 valence electrons. The van der Waals surface area contributed by atoms with E-state index in [1.165, 1.54) is 36.6 Å². The highest BCUT2D eigenvalue weighted by molar-refractivity contribution is 7.99. The van der Waals surface area contributed by atoms with Gasteiger partial charge in [-0.05, 0) is 44.1 Å². The number of aryl methyl sites for hydroxylation is 1. The van der Waals surface area contributed by atoms with Gasteiger partial charge in [-0.2, -0.15) is 0 Å². The molecule has 0 radical (unpaired) electrons. The molecular formula is C21H30N4OS. The number of hydrogen-bond donors (Lipinski definition) is 1. The smallest absolute Gasteiger partial charge is 0.230 e. The van der Waals surface area contributed by atoms with E-state index in [0.29, 0.717) is 23.6 Å². The second-order valence-corrected chi connectivity index (χ2v) is 8.58. The Labute approximate surface area is 166 Å². The summed E-state index contributed by atoms with van der Waals surface area (Å²) in [7, 11) is 0. The number of aromatic nitrogens is 3. The van der Waals surface area contributed by atoms with Gasteiger partial charge in [0, 0.05) is 18.2 Å². The predicted octanol–water partition coefficient (Wildman–Crippen LogP) is 4.31. The first-order chi connectivity index (χ1) is 13.0. The van der Waals surface area contributed by atoms with Crippen LogP contribution >= 0.6 is 11.8 Å². The van der Waals surface area contributed by atoms with Crippen LogP contribution in [0, 0.1) is 18.8 Å². The Morgan fingerprint density at radius 3 is 2.59 bits per heavy atom. The third kappa shape index (κ3) is 4.54. The molecule has 1 aromatic carbocycles. The molecule has 0 spiro atoms. The van der Waals surface area contributed by atoms with E-state index < -0.39 is 0 Å². The lowest BCUT2D eigenvalue weighted by atomic mass is 9.79. The van der Waals surface area contributed by atoms with Gasteiger partial charge in [-0.25, -0.2) is 0 Å². The van der Waals surface area contributed by atoms with Crippen LogP contribution in [-0.2, 0) is 11.3 Å². The first-order valence-corrected chi connectivity index (χ1v) is 10.9. The number of benzene rings is 1. The van der Waals surface area contributed by atoms with Crippen molar-refractivity contribution >= 4 is 17.7 Å². The molecular weight excluding hydrogens is 356 g/mol. The molecule has 0 saturated heterocycles. The molecule has 1 N–H and O–H groups in total. The van der Waals surface area contributed by atoms with Gasteiger partial charge in [0.05, 0.1) is 5.75 Å². The molecule has 1 fully saturated rings. The number of hydrogen-bond acceptors (Lipinski definition) is 4. The SMILES string of the molecule is CCn1c(SCC(=O)NC2C(C)CCCC2C)nnc1-c1ccccc1C. The minimum atomic E-state index is 0.0914. The molecule has 1 amide bonds. The highest BCUT2D eigenvalue weighted by Gasteiger charge is 2.29. The average Bonchev–Trinajstić information content (AvgIpc) is 3.06. The molecule has 2 atom stereocenters. The molecule has 1 saturated carbocycles. The summed E-state index contributed by atoms with van der Waals surface area (Å²) in [6.45, 7) is 9.43. The van der Waals surface area contributed by atoms with Crippen molar-refractivity contribution in [3.8, 4) is 11.4 Å². The Balaban J connectivity index is 1.66. The van der Waals surface area contributed by atoms with E-state index in [0.717, 1.165) is 23.1 Å². The van der Waals surface area contributed by atoms with Crippen LogP contribution in [0.4, 0.5) is 0 Å². The van der Waals surface area contributed by atoms with Gasteiger partial charge >= 0.3 is 0 Å². The third-order valence-electron chi connectivity index (χ3n) is 5.62. The van der Waals surface area contributed by atoms with E-state index in [9.17, 15) is 4.79 Å². The van der Waals surface area contributed by atoms with Crippen LogP contribution in [0.1, 0.15) is 45.6 Å². The normalized spacial score (nSPS) is 22.6. The molecule has 0 aliphatic heterocycles. The lowest BCUT2D eigenvalue weighted by Crippen LogP contribution is -2.46. The summed E-state index contributed by atoms with van der Waals surface area (Å²) in [5.74, 6) is 2.44. The van der Waals surface area contributed by atoms with Gasteiger partial charge in [-0.15, -0.1) is 10.2 Å². The molecule has 27 heavy (non-hydrogen) atoms. The zero-order valence-corrected chi connectivity index (χ0v) is 17.6. The van der Waals surface area contributed by atoms with Gasteiger partial charge < -0.3 is 9.88 Å². The number of amides is 1. The van der Waals surface area contributed by atoms with Crippen LogP contribution in [0.15, 0.2) is 29.4 Å². The second-order valence-electron chi connectivity index (χ2n) is 7.63. The number of nitrogens with one attached hydrogen (secondary N) is 1. The topological polar surface area (TPSA) is 59.8 Å². The van der Waals surface area contributed by atoms with Crippen molar-refractivity contribution in [2.24, 2.45) is 11.8 Å². The van der Waals surface area contributed by atoms with Crippen molar-refractivity contribution in [2.45, 2.75) is 64.7 Å². The fourth-order valence-electron chi connectivity index (χ4n) is 4.03. The number of carbonyl (C=O) groups is 1. The first-order valence-electron chi connectivity index (χ1n) is 9.92. The molecule has 1 aliphatic rings. The third-order valence-corrected chi connectivity index (χ3v) is 6.59. The van der Waals surface area contributed by atoms with E-state index in [1.807, 2.05) is 12.1 Å². The summed E-state index contributed by atoms with van der Waals surface area (Å²) < 4.78 is 2.09. The summed E-state index contributed by atoms with van der Waals surface area (Å²) >= 11 is 1.47. The van der Waals surface area contributed by atoms with Crippen molar-refractivity contribution in [3.63, 3.8) is 0 Å². The maximum Gasteiger partial charge on any atom is 0.230 e. The molecule has 2 aromatic rings. The van der Waals surface area contributed by atoms with Crippen molar-refractivity contribution in [2.75, 3.05) is 5.75 Å². The average molecular weight is 387 g/mol. The summed E-state index contributed by atoms with van der Waals surface area (Å²) in [6, 6.07) is 8.48. The Morgan fingerprint density at radius 2 is 1.93 bits per heavy atom. The molecule has 1 aliphatic carbocycles. The van der Waals surface area contributed by atoms with Crippen LogP contribution in [-0.4, -0.2) is 32.5 Å². The lowest BCUT2D eigenvalue weighted by Gasteiger charge is -2.35. The summed E-state index contributed by atoms with van der Waals surface area (Å²) in [4.78, 5) is 12.5. The largest absolute Gasteiger partial charge is 0.352 e. The summed E-state index contributed by atoms with van der Waals surface area (Å²) in [5.41, 5.74) is 2.27. The molecule has 0 bridgehead atoms. The van der Waals surface area contributed by atoms with Crippen molar-refractivity contribution < 1.29 is 4.79 Å². The first kappa shape index (κ1) is 19.9. The maximum atomic E-state index is 12.5. The molecule has 1 heterocycles. The van der Waals surface area contributed by atoms with Crippen molar-refractivity contribution in [3.05, 3.63) is 29.8 Å². The standard InChI is InChI=1S/C21H30N4OS/c1-5-25-20(17-12-7-6-9-14(17)2)23-24-21(25)27-13-18(26)22-19-15(3)10-8-11-16(19)4/h6-7,9,12,15-16,19H,5,8,10-11,13H2,1-4H3,(H,22,26). The Kier molecular flexibility index (Phi) is 6.58. The highest BCUT2D eigenvalue weighted by Crippen LogP contribution is 2.29. The zero-order chi connectivity index (χ0) is 19.4. The minimum Gasteiger partial charge on any atom is -0.352 e. The van der Waals surface area contributed by atoms with E-state index in [4.69, 9.17) is 0 Å². The van der Waals surface area contributed by atoms with Gasteiger partial charge in [0.1, 0.15) is 0 Å². The number of carbonyl (C=O) groups excluding carboxylic acids is 1. The van der Waals surface area contributed by atoms with Crippen LogP contribution in [0.5, 0.6) is 0 Å². The number of thioether (sulfide) groups is 1. The van der Waals surface area contributed by atoms with Crippen molar-refractivity contribution in [1.82, 2.24) is 20.1 Å². The quantitative estimate of drug-likeness (QED) is 0.752. The summed E-state index contributed by atoms with van der Waals surface area (Å²) in [6.07, 6.45) is 3.67. The molecule has 2 unspecified atom stereocenters. The number of rotatable bonds is 6. The van der Waals surface area contributed by atoms with Crippen molar-refractivity contribution in [1.29, 1.82) is 0 Å². The van der Waals surface area contributed by atoms with E-state index in [-0.39, 0.29) is 5.91 Å². The fourth-order valence-corrected chi connectivity index (χ4v) is 4.84. The molecule has 1 aromatic heterocycles. The molecule has 6 heteroatoms. The lowest BCUT2D eigenvalue weighted by molar-refractivity contribution is -0.120. The Hall–Kier alpha value is -1.82. The van der Waals surface area contributed by atoms with Gasteiger partial charge in [-0.1, -0.05) is 56.3 Å². The van der Waals surface area contributed by atoms with E-state index in [1.54, 1.807) is 0 Å². The van der Waals surface area contributed by atoms with E-state index >= 15 is 0 Å². The van der Waals surface area contributed by atoms with Crippen LogP contribution in [0.3, 0.4) is 0 Å². The maximum absolute atomic E-state index is 12.5. The molecule has 3 rings (SSSR count). The van der Waals surface area contributed by atoms with Gasteiger partial charge in [0.15, 0.2) is 11.0 Å². The predicted molar refractivity (Wildman–Crippen MR) is 111 cm³/mol. The number of nitrogens with zero attached hydrogens (tertiary/aromatic N) is 3. The highest BCUT2D eigenvalue weighted by atomic mass is 32.2. The van der Waals surface area contributed by atoms with Gasteiger partial charge in [-0.3, -0.25) is 4.79 Å². The van der Waals surface area contributed by atoms with Crippen LogP contribution in [0.25, 0.3) is 11.4 Å². The van der Waals surface area contributed by atoms with Gasteiger partial charge in [0.25, 0.3) is 0 Å². The minimum absolute atomic E-state index is 0.0914.